The van der Waals surface area contributed by atoms with E-state index in [9.17, 15) is 48.3 Å². The quantitative estimate of drug-likeness (QED) is 0.0280. The van der Waals surface area contributed by atoms with E-state index in [4.69, 9.17) is 4.74 Å². The summed E-state index contributed by atoms with van der Waals surface area (Å²) in [7, 11) is 0. The lowest BCUT2D eigenvalue weighted by molar-refractivity contribution is -0.157. The third kappa shape index (κ3) is 30.8. The maximum Gasteiger partial charge on any atom is 0.329 e. The number of hydrogen-bond acceptors (Lipinski definition) is 19. The molecule has 13 N–H and O–H groups in total. The highest BCUT2D eigenvalue weighted by Crippen LogP contribution is 2.24. The van der Waals surface area contributed by atoms with Crippen LogP contribution in [0.1, 0.15) is 206 Å². The van der Waals surface area contributed by atoms with Gasteiger partial charge in [-0.3, -0.25) is 77.2 Å². The number of allylic oxidation sites excluding steroid dienone is 1. The lowest BCUT2D eigenvalue weighted by Gasteiger charge is -2.34. The summed E-state index contributed by atoms with van der Waals surface area (Å²) >= 11 is 0. The van der Waals surface area contributed by atoms with E-state index in [0.29, 0.717) is 50.4 Å². The Hall–Kier alpha value is -10.2. The second-order valence-corrected chi connectivity index (χ2v) is 33.8. The van der Waals surface area contributed by atoms with Crippen molar-refractivity contribution in [2.75, 3.05) is 13.1 Å². The van der Waals surface area contributed by atoms with Crippen LogP contribution in [0.15, 0.2) is 91.2 Å². The number of nitrogens with one attached hydrogen (secondary N) is 12. The number of esters is 1. The Morgan fingerprint density at radius 1 is 0.571 bits per heavy atom. The number of pyridine rings is 2. The molecule has 2 saturated heterocycles. The van der Waals surface area contributed by atoms with Crippen molar-refractivity contribution in [3.8, 4) is 0 Å². The van der Waals surface area contributed by atoms with Gasteiger partial charge in [0, 0.05) is 57.3 Å². The van der Waals surface area contributed by atoms with Crippen LogP contribution in [0, 0.1) is 47.3 Å². The molecule has 0 spiro atoms. The summed E-state index contributed by atoms with van der Waals surface area (Å²) < 4.78 is 6.06. The van der Waals surface area contributed by atoms with Crippen LogP contribution < -0.4 is 63.8 Å². The first-order valence-corrected chi connectivity index (χ1v) is 42.3. The summed E-state index contributed by atoms with van der Waals surface area (Å²) in [5.74, 6) is -15.3. The number of likely N-dealkylation sites (tertiary alicyclic amines) is 1. The number of ether oxygens (including phenoxy) is 1. The van der Waals surface area contributed by atoms with E-state index < -0.39 is 203 Å². The van der Waals surface area contributed by atoms with Crippen molar-refractivity contribution in [3.63, 3.8) is 0 Å². The topological polar surface area (TPSA) is 445 Å². The van der Waals surface area contributed by atoms with E-state index in [-0.39, 0.29) is 56.7 Å². The molecule has 2 aliphatic heterocycles. The molecule has 119 heavy (non-hydrogen) atoms. The molecule has 0 unspecified atom stereocenters. The van der Waals surface area contributed by atoms with Crippen LogP contribution in [0.3, 0.4) is 0 Å². The zero-order chi connectivity index (χ0) is 88.7. The smallest absolute Gasteiger partial charge is 0.329 e. The van der Waals surface area contributed by atoms with Crippen LogP contribution >= 0.6 is 0 Å². The van der Waals surface area contributed by atoms with E-state index in [0.717, 1.165) is 17.5 Å². The number of benzene rings is 1. The Morgan fingerprint density at radius 2 is 1.10 bits per heavy atom. The van der Waals surface area contributed by atoms with E-state index in [1.54, 1.807) is 152 Å². The summed E-state index contributed by atoms with van der Waals surface area (Å²) in [6.45, 7) is 33.1. The number of carbonyl (C=O) groups is 14. The van der Waals surface area contributed by atoms with Gasteiger partial charge in [-0.05, 0) is 148 Å². The number of cyclic esters (lactones) is 1. The molecule has 5 rings (SSSR count). The molecule has 2 fully saturated rings. The van der Waals surface area contributed by atoms with Crippen LogP contribution in [-0.2, 0) is 91.4 Å². The Kier molecular flexibility index (Phi) is 40.7. The highest BCUT2D eigenvalue weighted by molar-refractivity contribution is 6.03. The fourth-order valence-electron chi connectivity index (χ4n) is 14.0. The van der Waals surface area contributed by atoms with Gasteiger partial charge in [-0.1, -0.05) is 166 Å². The standard InChI is InChI=1S/C87H134N16O16/c1-20-54(16)71(83(114)101-74-57(19)119-87(118)70(53(14)15)97-75(106)61(22-3)90-77(108)63(45-58-30-24-23-25-31-58)92-79(110)67(50(8)9)94-82(113)72(55(17)21-2)99-85(74)116)98-76(107)62(32-27-43-102(46-59-35-39-88-40-36-59)47-60-37-41-89-42-38-60)91-78(109)64-33-28-44-103(64)86(117)69(52(12)13)96-81(112)68(51(10)11)95-84(115)73(56(18)104)100-80(111)66(49(6)7)93-65(105)34-26-29-48(4)5/h22-25,30-31,35-42,48-57,62-64,66-74,104H,20-21,26-29,32-34,43-47H2,1-19H3,(H,90,108)(H,91,109)(H,92,110)(H,93,105)(H,94,113)(H,95,115)(H,96,112)(H,97,106)(H,98,107)(H,99,116)(H,100,111)(H,101,114)/b61-22-/t54-,55-,56+,57+,62-,63-,64+,66+,67+,68-,69+,70-,71+,72+,73-,74+/m0/s1. The van der Waals surface area contributed by atoms with Crippen LogP contribution in [0.5, 0.6) is 0 Å². The number of aliphatic hydroxyl groups excluding tert-OH is 1. The first-order chi connectivity index (χ1) is 56.2. The molecule has 32 heteroatoms. The second-order valence-electron chi connectivity index (χ2n) is 33.8. The molecule has 0 aliphatic carbocycles. The van der Waals surface area contributed by atoms with Gasteiger partial charge >= 0.3 is 5.97 Å². The predicted molar refractivity (Wildman–Crippen MR) is 449 cm³/mol. The number of aromatic nitrogens is 2. The summed E-state index contributed by atoms with van der Waals surface area (Å²) in [4.78, 5) is 217. The fraction of sp³-hybridized carbons (Fsp3) is 0.632. The Balaban J connectivity index is 1.51. The molecule has 1 aromatic carbocycles. The highest BCUT2D eigenvalue weighted by atomic mass is 16.5. The molecule has 2 aromatic heterocycles. The third-order valence-corrected chi connectivity index (χ3v) is 21.8. The average molecular weight is 1660 g/mol. The van der Waals surface area contributed by atoms with E-state index in [2.05, 4.69) is 78.7 Å². The highest BCUT2D eigenvalue weighted by Gasteiger charge is 2.45. The van der Waals surface area contributed by atoms with Crippen LogP contribution in [0.25, 0.3) is 0 Å². The first kappa shape index (κ1) is 99.3. The molecular weight excluding hydrogens is 1530 g/mol. The zero-order valence-corrected chi connectivity index (χ0v) is 73.0. The van der Waals surface area contributed by atoms with Gasteiger partial charge in [0.05, 0.1) is 6.10 Å². The largest absolute Gasteiger partial charge is 0.458 e. The van der Waals surface area contributed by atoms with Crippen molar-refractivity contribution in [1.29, 1.82) is 0 Å². The van der Waals surface area contributed by atoms with Crippen molar-refractivity contribution in [1.82, 2.24) is 83.6 Å². The fourth-order valence-corrected chi connectivity index (χ4v) is 14.0. The lowest BCUT2D eigenvalue weighted by Crippen LogP contribution is -2.64. The van der Waals surface area contributed by atoms with Crippen molar-refractivity contribution >= 4 is 82.8 Å². The minimum Gasteiger partial charge on any atom is -0.458 e. The SMILES string of the molecule is C/C=C1\NC(=O)[C@H](Cc2ccccc2)NC(=O)[C@@H](C(C)C)NC(=O)[C@@H]([C@@H](C)CC)NC(=O)[C@H](NC(=O)[C@H](NC(=O)[C@H](CCCN(Cc2ccncc2)Cc2ccncc2)NC(=O)[C@H]2CCCN2C(=O)[C@H](NC(=O)[C@@H](NC(=O)[C@@H](NC(=O)[C@H](NC(=O)CCCC(C)C)C(C)C)[C@@H](C)O)C(C)C)C(C)C)[C@@H](C)CC)[C@@H](C)OC(=O)[C@H](C(C)C)NC1=O. The summed E-state index contributed by atoms with van der Waals surface area (Å²) in [5, 5.41) is 43.9. The number of nitrogens with zero attached hydrogens (tertiary/aromatic N) is 4. The Bertz CT molecular complexity index is 3860. The summed E-state index contributed by atoms with van der Waals surface area (Å²) in [6, 6.07) is -0.443. The van der Waals surface area contributed by atoms with Gasteiger partial charge in [-0.15, -0.1) is 0 Å². The minimum atomic E-state index is -1.85. The normalized spacial score (nSPS) is 21.3. The predicted octanol–water partition coefficient (Wildman–Crippen LogP) is 4.37. The minimum absolute atomic E-state index is 0.0427. The maximum atomic E-state index is 15.5. The van der Waals surface area contributed by atoms with E-state index in [1.807, 2.05) is 38.1 Å². The van der Waals surface area contributed by atoms with Crippen molar-refractivity contribution in [2.24, 2.45) is 47.3 Å². The zero-order valence-electron chi connectivity index (χ0n) is 73.0. The van der Waals surface area contributed by atoms with Crippen LogP contribution in [0.2, 0.25) is 0 Å². The van der Waals surface area contributed by atoms with Crippen LogP contribution in [-0.4, -0.2) is 205 Å². The Morgan fingerprint density at radius 3 is 1.63 bits per heavy atom. The average Bonchev–Trinajstić information content (AvgIpc) is 1.79. The number of hydrogen-bond donors (Lipinski definition) is 13. The van der Waals surface area contributed by atoms with Crippen molar-refractivity contribution in [3.05, 3.63) is 108 Å². The molecule has 32 nitrogen and oxygen atoms in total. The van der Waals surface area contributed by atoms with Crippen molar-refractivity contribution in [2.45, 2.75) is 294 Å². The van der Waals surface area contributed by atoms with Crippen molar-refractivity contribution < 1.29 is 77.0 Å². The molecule has 0 radical (unpaired) electrons. The van der Waals surface area contributed by atoms with Gasteiger partial charge < -0.3 is 78.5 Å². The molecular formula is C87H134N16O16. The molecule has 2 aliphatic rings. The van der Waals surface area contributed by atoms with Crippen LogP contribution in [0.4, 0.5) is 0 Å². The van der Waals surface area contributed by atoms with Gasteiger partial charge in [0.2, 0.25) is 70.9 Å². The molecule has 4 heterocycles. The van der Waals surface area contributed by atoms with E-state index >= 15 is 24.0 Å². The molecule has 658 valence electrons. The molecule has 16 atom stereocenters. The monoisotopic (exact) mass is 1660 g/mol. The van der Waals surface area contributed by atoms with Gasteiger partial charge in [-0.2, -0.15) is 0 Å². The molecule has 13 amide bonds. The second kappa shape index (κ2) is 48.7. The number of rotatable bonds is 38. The molecule has 0 saturated carbocycles. The number of aliphatic hydroxyl groups is 1. The Labute approximate surface area is 701 Å². The molecule has 0 bridgehead atoms. The van der Waals surface area contributed by atoms with Gasteiger partial charge in [0.1, 0.15) is 84.3 Å². The number of amides is 13. The summed E-state index contributed by atoms with van der Waals surface area (Å²) in [6.07, 6.45) is 7.67. The van der Waals surface area contributed by atoms with Gasteiger partial charge in [-0.25, -0.2) is 4.79 Å². The van der Waals surface area contributed by atoms with E-state index in [1.165, 1.54) is 31.7 Å². The molecule has 3 aromatic rings. The lowest BCUT2D eigenvalue weighted by atomic mass is 9.95. The third-order valence-electron chi connectivity index (χ3n) is 21.8. The first-order valence-electron chi connectivity index (χ1n) is 42.3. The van der Waals surface area contributed by atoms with Gasteiger partial charge in [0.25, 0.3) is 5.91 Å². The number of carbonyl (C=O) groups excluding carboxylic acids is 14. The maximum absolute atomic E-state index is 15.5. The van der Waals surface area contributed by atoms with Gasteiger partial charge in [0.15, 0.2) is 0 Å². The summed E-state index contributed by atoms with van der Waals surface area (Å²) in [5.41, 5.74) is 2.24.